The molecule has 1 rings (SSSR count). The Morgan fingerprint density at radius 2 is 0.712 bits per heavy atom. The second kappa shape index (κ2) is 39.0. The predicted molar refractivity (Wildman–Crippen MR) is 284 cm³/mol. The molecule has 2 N–H and O–H groups in total. The molecule has 0 spiro atoms. The van der Waals surface area contributed by atoms with Crippen molar-refractivity contribution in [3.05, 3.63) is 82.1 Å². The van der Waals surface area contributed by atoms with Gasteiger partial charge in [0.15, 0.2) is 0 Å². The summed E-state index contributed by atoms with van der Waals surface area (Å²) in [5.74, 6) is 0.771. The minimum Gasteiger partial charge on any atom is -0.460 e. The van der Waals surface area contributed by atoms with Crippen molar-refractivity contribution < 1.29 is 57.2 Å². The van der Waals surface area contributed by atoms with Gasteiger partial charge in [-0.3, -0.25) is 0 Å². The van der Waals surface area contributed by atoms with E-state index in [0.29, 0.717) is 25.7 Å². The first-order valence-electron chi connectivity index (χ1n) is 25.1. The van der Waals surface area contributed by atoms with Gasteiger partial charge in [-0.2, -0.15) is 23.5 Å². The second-order valence-electron chi connectivity index (χ2n) is 17.7. The number of carbonyl (C=O) groups is 6. The van der Waals surface area contributed by atoms with Gasteiger partial charge in [-0.05, 0) is 82.3 Å². The topological polar surface area (TPSA) is 248 Å². The van der Waals surface area contributed by atoms with E-state index >= 15 is 0 Å². The van der Waals surface area contributed by atoms with Gasteiger partial charge in [0.1, 0.15) is 37.5 Å². The van der Waals surface area contributed by atoms with Crippen molar-refractivity contribution in [3.8, 4) is 0 Å². The molecule has 0 aromatic carbocycles. The molecule has 1 aromatic heterocycles. The molecule has 412 valence electrons. The lowest BCUT2D eigenvalue weighted by Crippen LogP contribution is -2.54. The Morgan fingerprint density at radius 3 is 1.01 bits per heavy atom. The highest BCUT2D eigenvalue weighted by Crippen LogP contribution is 2.15. The summed E-state index contributed by atoms with van der Waals surface area (Å²) in [6.45, 7) is 18.3. The van der Waals surface area contributed by atoms with Crippen LogP contribution in [0, 0.1) is 0 Å². The van der Waals surface area contributed by atoms with E-state index in [4.69, 9.17) is 28.4 Å². The zero-order valence-corrected chi connectivity index (χ0v) is 45.1. The van der Waals surface area contributed by atoms with Crippen LogP contribution in [0.1, 0.15) is 124 Å². The van der Waals surface area contributed by atoms with Crippen LogP contribution in [0.2, 0.25) is 0 Å². The third-order valence-electron chi connectivity index (χ3n) is 11.0. The van der Waals surface area contributed by atoms with Gasteiger partial charge in [0.05, 0.1) is 13.2 Å². The van der Waals surface area contributed by atoms with Crippen LogP contribution < -0.4 is 27.7 Å². The maximum absolute atomic E-state index is 13.3. The highest BCUT2D eigenvalue weighted by molar-refractivity contribution is 7.99. The lowest BCUT2D eigenvalue weighted by molar-refractivity contribution is -0.146. The molecule has 0 fully saturated rings. The highest BCUT2D eigenvalue weighted by atomic mass is 32.2. The summed E-state index contributed by atoms with van der Waals surface area (Å²) in [7, 11) is 0. The number of amides is 2. The number of nitrogens with one attached hydrogen (secondary N) is 2. The Hall–Kier alpha value is -5.51. The van der Waals surface area contributed by atoms with E-state index < -0.39 is 64.2 Å². The number of alkyl carbamates (subject to hydrolysis) is 2. The SMILES string of the molecule is C=CC(=O)OCC(C)(COC(=O)C=C)NC(=O)OCCCCCCCCCSCCCn1c(=O)n(CC)c(=O)n(CCCSCCCCCCCCCOC(=O)NC(C)(COC(=O)C=C)COC(=O)C=C)c1=O. The number of ether oxygens (including phenoxy) is 6. The summed E-state index contributed by atoms with van der Waals surface area (Å²) < 4.78 is 34.3. The van der Waals surface area contributed by atoms with Crippen molar-refractivity contribution in [1.29, 1.82) is 0 Å². The molecule has 0 saturated heterocycles. The Balaban J connectivity index is 2.25. The third-order valence-corrected chi connectivity index (χ3v) is 13.3. The van der Waals surface area contributed by atoms with Gasteiger partial charge >= 0.3 is 53.1 Å². The van der Waals surface area contributed by atoms with Gasteiger partial charge in [-0.25, -0.2) is 56.9 Å². The van der Waals surface area contributed by atoms with Crippen molar-refractivity contribution >= 4 is 59.6 Å². The summed E-state index contributed by atoms with van der Waals surface area (Å²) in [4.78, 5) is 110. The minimum atomic E-state index is -1.21. The summed E-state index contributed by atoms with van der Waals surface area (Å²) in [5, 5.41) is 5.20. The summed E-state index contributed by atoms with van der Waals surface area (Å²) in [6, 6.07) is 0. The van der Waals surface area contributed by atoms with Gasteiger partial charge in [0.2, 0.25) is 0 Å². The zero-order valence-electron chi connectivity index (χ0n) is 43.4. The molecule has 22 heteroatoms. The number of unbranched alkanes of at least 4 members (excludes halogenated alkanes) is 12. The van der Waals surface area contributed by atoms with Gasteiger partial charge in [0, 0.05) is 43.9 Å². The summed E-state index contributed by atoms with van der Waals surface area (Å²) >= 11 is 3.57. The van der Waals surface area contributed by atoms with Crippen molar-refractivity contribution in [1.82, 2.24) is 24.3 Å². The Morgan fingerprint density at radius 1 is 0.438 bits per heavy atom. The fourth-order valence-electron chi connectivity index (χ4n) is 6.85. The van der Waals surface area contributed by atoms with Crippen molar-refractivity contribution in [2.75, 3.05) is 62.7 Å². The zero-order chi connectivity index (χ0) is 54.3. The molecular formula is C51H81N5O15S2. The van der Waals surface area contributed by atoms with E-state index in [1.54, 1.807) is 44.3 Å². The molecule has 0 aliphatic heterocycles. The van der Waals surface area contributed by atoms with Gasteiger partial charge in [0.25, 0.3) is 0 Å². The smallest absolute Gasteiger partial charge is 0.407 e. The molecule has 0 unspecified atom stereocenters. The third kappa shape index (κ3) is 29.7. The molecule has 2 amide bonds. The fourth-order valence-corrected chi connectivity index (χ4v) is 8.74. The van der Waals surface area contributed by atoms with Gasteiger partial charge in [-0.15, -0.1) is 0 Å². The Kier molecular flexibility index (Phi) is 35.0. The number of hydrogen-bond acceptors (Lipinski definition) is 17. The molecule has 0 bridgehead atoms. The minimum absolute atomic E-state index is 0.183. The van der Waals surface area contributed by atoms with Crippen LogP contribution in [0.3, 0.4) is 0 Å². The number of esters is 4. The van der Waals surface area contributed by atoms with Crippen LogP contribution in [-0.2, 0) is 67.2 Å². The van der Waals surface area contributed by atoms with Gasteiger partial charge in [-0.1, -0.05) is 90.5 Å². The lowest BCUT2D eigenvalue weighted by atomic mass is 10.1. The van der Waals surface area contributed by atoms with Crippen molar-refractivity contribution in [2.24, 2.45) is 0 Å². The Bertz CT molecular complexity index is 1900. The van der Waals surface area contributed by atoms with E-state index in [9.17, 15) is 43.2 Å². The molecule has 73 heavy (non-hydrogen) atoms. The van der Waals surface area contributed by atoms with Gasteiger partial charge < -0.3 is 39.1 Å². The number of aromatic nitrogens is 3. The molecule has 0 radical (unpaired) electrons. The van der Waals surface area contributed by atoms with E-state index in [2.05, 4.69) is 36.9 Å². The average molecular weight is 1070 g/mol. The maximum atomic E-state index is 13.3. The Labute approximate surface area is 438 Å². The molecular weight excluding hydrogens is 987 g/mol. The number of rotatable bonds is 43. The van der Waals surface area contributed by atoms with Crippen LogP contribution in [0.15, 0.2) is 65.0 Å². The van der Waals surface area contributed by atoms with Crippen LogP contribution in [0.5, 0.6) is 0 Å². The van der Waals surface area contributed by atoms with Crippen molar-refractivity contribution in [2.45, 2.75) is 154 Å². The molecule has 1 heterocycles. The average Bonchev–Trinajstić information content (AvgIpc) is 3.37. The molecule has 0 aliphatic carbocycles. The normalized spacial score (nSPS) is 11.2. The van der Waals surface area contributed by atoms with Crippen molar-refractivity contribution in [3.63, 3.8) is 0 Å². The molecule has 0 saturated carbocycles. The fraction of sp³-hybridized carbons (Fsp3) is 0.667. The van der Waals surface area contributed by atoms with Crippen LogP contribution in [0.4, 0.5) is 9.59 Å². The monoisotopic (exact) mass is 1070 g/mol. The molecule has 0 aliphatic rings. The first-order valence-corrected chi connectivity index (χ1v) is 27.5. The number of hydrogen-bond donors (Lipinski definition) is 2. The van der Waals surface area contributed by atoms with Crippen LogP contribution in [-0.4, -0.2) is 123 Å². The molecule has 1 aromatic rings. The largest absolute Gasteiger partial charge is 0.460 e. The predicted octanol–water partition coefficient (Wildman–Crippen LogP) is 6.79. The molecule has 20 nitrogen and oxygen atoms in total. The molecule has 0 atom stereocenters. The standard InChI is InChI=1S/C51H81N5O15S2/c1-8-41(57)68-37-50(6,38-69-42(58)9-2)52-45(61)66-31-23-19-15-13-17-21-25-33-72-35-27-29-55-47(63)54(12-5)48(64)56(49(55)65)30-28-36-73-34-26-22-18-14-16-20-24-32-67-46(62)53-51(7,39-70-43(59)10-3)40-71-44(60)11-4/h8-11H,1-4,12-40H2,5-7H3,(H,52,61)(H,53,62). The highest BCUT2D eigenvalue weighted by Gasteiger charge is 2.32. The quantitative estimate of drug-likeness (QED) is 0.0296. The maximum Gasteiger partial charge on any atom is 0.407 e. The first-order chi connectivity index (χ1) is 35.0. The number of thioether (sulfide) groups is 2. The first kappa shape index (κ1) is 65.5. The summed E-state index contributed by atoms with van der Waals surface area (Å²) in [6.07, 6.45) is 17.4. The van der Waals surface area contributed by atoms with E-state index in [1.807, 2.05) is 0 Å². The van der Waals surface area contributed by atoms with E-state index in [1.165, 1.54) is 9.13 Å². The van der Waals surface area contributed by atoms with Crippen LogP contribution in [0.25, 0.3) is 0 Å². The lowest BCUT2D eigenvalue weighted by Gasteiger charge is -2.29. The van der Waals surface area contributed by atoms with E-state index in [0.717, 1.165) is 129 Å². The summed E-state index contributed by atoms with van der Waals surface area (Å²) in [5.41, 5.74) is -4.10. The second-order valence-corrected chi connectivity index (χ2v) is 20.1. The van der Waals surface area contributed by atoms with E-state index in [-0.39, 0.29) is 59.3 Å². The number of carbonyl (C=O) groups excluding carboxylic acids is 6. The van der Waals surface area contributed by atoms with Crippen LogP contribution >= 0.6 is 23.5 Å². The number of nitrogens with zero attached hydrogens (tertiary/aromatic N) is 3.